The van der Waals surface area contributed by atoms with Crippen LogP contribution < -0.4 is 5.56 Å². The number of hydrogen-bond donors (Lipinski definition) is 0. The van der Waals surface area contributed by atoms with E-state index in [9.17, 15) is 4.79 Å². The van der Waals surface area contributed by atoms with Gasteiger partial charge in [0.1, 0.15) is 5.65 Å². The smallest absolute Gasteiger partial charge is 0.260 e. The van der Waals surface area contributed by atoms with Crippen molar-refractivity contribution in [1.82, 2.24) is 9.55 Å². The second-order valence-corrected chi connectivity index (χ2v) is 8.25. The molecule has 3 heteroatoms. The van der Waals surface area contributed by atoms with E-state index in [4.69, 9.17) is 0 Å². The van der Waals surface area contributed by atoms with Crippen molar-refractivity contribution >= 4 is 11.0 Å². The minimum Gasteiger partial charge on any atom is -0.292 e. The first-order valence-electron chi connectivity index (χ1n) is 11.3. The Balaban J connectivity index is 1.43. The third kappa shape index (κ3) is 5.11. The molecule has 4 aromatic rings. The van der Waals surface area contributed by atoms with Gasteiger partial charge in [0.15, 0.2) is 0 Å². The summed E-state index contributed by atoms with van der Waals surface area (Å²) < 4.78 is 1.88. The predicted octanol–water partition coefficient (Wildman–Crippen LogP) is 6.57. The lowest BCUT2D eigenvalue weighted by Crippen LogP contribution is -2.23. The molecule has 0 fully saturated rings. The van der Waals surface area contributed by atoms with Crippen LogP contribution in [0.2, 0.25) is 0 Å². The highest BCUT2D eigenvalue weighted by Crippen LogP contribution is 2.23. The van der Waals surface area contributed by atoms with Crippen LogP contribution in [0.1, 0.15) is 43.2 Å². The average Bonchev–Trinajstić information content (AvgIpc) is 2.80. The van der Waals surface area contributed by atoms with Crippen LogP contribution in [0.5, 0.6) is 0 Å². The Kier molecular flexibility index (Phi) is 6.93. The molecule has 0 saturated heterocycles. The normalized spacial score (nSPS) is 11.1. The molecule has 158 valence electrons. The average molecular weight is 411 g/mol. The first kappa shape index (κ1) is 21.0. The lowest BCUT2D eigenvalue weighted by molar-refractivity contribution is 0.559. The molecule has 0 amide bonds. The minimum absolute atomic E-state index is 0.0598. The topological polar surface area (TPSA) is 34.9 Å². The van der Waals surface area contributed by atoms with Gasteiger partial charge in [0, 0.05) is 23.7 Å². The van der Waals surface area contributed by atoms with Crippen LogP contribution in [0.25, 0.3) is 22.2 Å². The number of rotatable bonds is 9. The lowest BCUT2D eigenvalue weighted by atomic mass is 10.0. The van der Waals surface area contributed by atoms with E-state index in [0.29, 0.717) is 6.54 Å². The van der Waals surface area contributed by atoms with E-state index in [-0.39, 0.29) is 5.56 Å². The number of unbranched alkanes of at least 4 members (excludes halogenated alkanes) is 4. The third-order valence-corrected chi connectivity index (χ3v) is 5.97. The Bertz CT molecular complexity index is 1190. The highest BCUT2D eigenvalue weighted by Gasteiger charge is 2.13. The number of nitrogens with zero attached hydrogens (tertiary/aromatic N) is 2. The largest absolute Gasteiger partial charge is 0.292 e. The summed E-state index contributed by atoms with van der Waals surface area (Å²) in [4.78, 5) is 17.9. The van der Waals surface area contributed by atoms with Gasteiger partial charge in [-0.15, -0.1) is 0 Å². The van der Waals surface area contributed by atoms with Crippen LogP contribution in [-0.2, 0) is 13.0 Å². The summed E-state index contributed by atoms with van der Waals surface area (Å²) in [5.41, 5.74) is 5.15. The maximum absolute atomic E-state index is 13.4. The van der Waals surface area contributed by atoms with Gasteiger partial charge in [-0.2, -0.15) is 0 Å². The fraction of sp³-hybridized carbons (Fsp3) is 0.286. The molecule has 0 atom stereocenters. The lowest BCUT2D eigenvalue weighted by Gasteiger charge is -2.13. The first-order chi connectivity index (χ1) is 15.2. The second kappa shape index (κ2) is 10.2. The fourth-order valence-electron chi connectivity index (χ4n) is 4.26. The van der Waals surface area contributed by atoms with Crippen LogP contribution in [0.3, 0.4) is 0 Å². The Morgan fingerprint density at radius 3 is 2.35 bits per heavy atom. The van der Waals surface area contributed by atoms with E-state index in [1.54, 1.807) is 6.20 Å². The van der Waals surface area contributed by atoms with Crippen molar-refractivity contribution in [3.8, 4) is 11.1 Å². The van der Waals surface area contributed by atoms with E-state index >= 15 is 0 Å². The van der Waals surface area contributed by atoms with E-state index in [2.05, 4.69) is 48.3 Å². The highest BCUT2D eigenvalue weighted by molar-refractivity contribution is 5.82. The molecule has 0 saturated carbocycles. The Morgan fingerprint density at radius 2 is 1.52 bits per heavy atom. The van der Waals surface area contributed by atoms with Gasteiger partial charge in [-0.05, 0) is 61.1 Å². The van der Waals surface area contributed by atoms with E-state index in [1.807, 2.05) is 41.0 Å². The Hall–Kier alpha value is -3.20. The van der Waals surface area contributed by atoms with Crippen LogP contribution in [0.4, 0.5) is 0 Å². The van der Waals surface area contributed by atoms with E-state index in [1.165, 1.54) is 24.8 Å². The molecule has 2 aromatic carbocycles. The quantitative estimate of drug-likeness (QED) is 0.293. The summed E-state index contributed by atoms with van der Waals surface area (Å²) in [6.07, 6.45) is 8.69. The van der Waals surface area contributed by atoms with Crippen molar-refractivity contribution in [3.05, 3.63) is 100 Å². The van der Waals surface area contributed by atoms with Crippen molar-refractivity contribution in [2.24, 2.45) is 0 Å². The fourth-order valence-corrected chi connectivity index (χ4v) is 4.26. The maximum atomic E-state index is 13.4. The van der Waals surface area contributed by atoms with Gasteiger partial charge >= 0.3 is 0 Å². The molecule has 0 aliphatic carbocycles. The number of aromatic nitrogens is 2. The van der Waals surface area contributed by atoms with E-state index in [0.717, 1.165) is 47.0 Å². The summed E-state index contributed by atoms with van der Waals surface area (Å²) >= 11 is 0. The molecular formula is C28H30N2O. The minimum atomic E-state index is 0.0598. The van der Waals surface area contributed by atoms with Gasteiger partial charge in [0.05, 0.1) is 0 Å². The Labute approximate surface area is 184 Å². The van der Waals surface area contributed by atoms with Gasteiger partial charge < -0.3 is 0 Å². The molecule has 0 radical (unpaired) electrons. The first-order valence-corrected chi connectivity index (χ1v) is 11.3. The monoisotopic (exact) mass is 410 g/mol. The molecule has 0 aliphatic heterocycles. The summed E-state index contributed by atoms with van der Waals surface area (Å²) in [7, 11) is 0. The summed E-state index contributed by atoms with van der Waals surface area (Å²) in [6, 6.07) is 24.8. The molecule has 0 aliphatic rings. The van der Waals surface area contributed by atoms with Crippen molar-refractivity contribution in [2.45, 2.75) is 52.0 Å². The SMILES string of the molecule is Cc1ccccc1-c1cc2cccnc2n(CCCCCCCc2ccccc2)c1=O. The van der Waals surface area contributed by atoms with Crippen LogP contribution >= 0.6 is 0 Å². The van der Waals surface area contributed by atoms with Crippen molar-refractivity contribution < 1.29 is 0 Å². The van der Waals surface area contributed by atoms with Crippen LogP contribution in [0, 0.1) is 6.92 Å². The molecule has 31 heavy (non-hydrogen) atoms. The van der Waals surface area contributed by atoms with Crippen molar-refractivity contribution in [1.29, 1.82) is 0 Å². The third-order valence-electron chi connectivity index (χ3n) is 5.97. The van der Waals surface area contributed by atoms with Crippen molar-refractivity contribution in [3.63, 3.8) is 0 Å². The van der Waals surface area contributed by atoms with Crippen LogP contribution in [0.15, 0.2) is 83.8 Å². The predicted molar refractivity (Wildman–Crippen MR) is 129 cm³/mol. The molecule has 3 nitrogen and oxygen atoms in total. The van der Waals surface area contributed by atoms with Gasteiger partial charge in [-0.1, -0.05) is 73.9 Å². The molecule has 0 bridgehead atoms. The van der Waals surface area contributed by atoms with Gasteiger partial charge in [0.25, 0.3) is 5.56 Å². The molecule has 0 spiro atoms. The zero-order valence-electron chi connectivity index (χ0n) is 18.3. The maximum Gasteiger partial charge on any atom is 0.260 e. The number of hydrogen-bond acceptors (Lipinski definition) is 2. The number of fused-ring (bicyclic) bond motifs is 1. The van der Waals surface area contributed by atoms with Gasteiger partial charge in [0.2, 0.25) is 0 Å². The number of benzene rings is 2. The molecule has 4 rings (SSSR count). The summed E-state index contributed by atoms with van der Waals surface area (Å²) in [6.45, 7) is 2.77. The zero-order chi connectivity index (χ0) is 21.5. The molecule has 0 unspecified atom stereocenters. The summed E-state index contributed by atoms with van der Waals surface area (Å²) in [5.74, 6) is 0. The molecular weight excluding hydrogens is 380 g/mol. The van der Waals surface area contributed by atoms with E-state index < -0.39 is 0 Å². The second-order valence-electron chi connectivity index (χ2n) is 8.25. The zero-order valence-corrected chi connectivity index (χ0v) is 18.3. The Morgan fingerprint density at radius 1 is 0.774 bits per heavy atom. The number of aryl methyl sites for hydroxylation is 3. The standard InChI is InChI=1S/C28H30N2O/c1-22-13-9-10-18-25(22)26-21-24-17-12-19-29-27(24)30(28(26)31)20-11-4-2-3-6-14-23-15-7-5-8-16-23/h5,7-10,12-13,15-19,21H,2-4,6,11,14,20H2,1H3. The molecule has 2 aromatic heterocycles. The van der Waals surface area contributed by atoms with Crippen LogP contribution in [-0.4, -0.2) is 9.55 Å². The van der Waals surface area contributed by atoms with Gasteiger partial charge in [-0.3, -0.25) is 9.36 Å². The van der Waals surface area contributed by atoms with Crippen molar-refractivity contribution in [2.75, 3.05) is 0 Å². The molecule has 2 heterocycles. The molecule has 0 N–H and O–H groups in total. The van der Waals surface area contributed by atoms with Gasteiger partial charge in [-0.25, -0.2) is 4.98 Å². The highest BCUT2D eigenvalue weighted by atomic mass is 16.1. The number of pyridine rings is 2. The summed E-state index contributed by atoms with van der Waals surface area (Å²) in [5, 5.41) is 1.02.